The lowest BCUT2D eigenvalue weighted by Crippen LogP contribution is -2.54. The number of carbonyl (C=O) groups excluding carboxylic acids is 2. The van der Waals surface area contributed by atoms with E-state index in [0.717, 1.165) is 10.4 Å². The molecule has 0 spiro atoms. The smallest absolute Gasteiger partial charge is 0.407 e. The molecule has 3 rings (SSSR count). The summed E-state index contributed by atoms with van der Waals surface area (Å²) < 4.78 is 5.19. The zero-order chi connectivity index (χ0) is 24.4. The van der Waals surface area contributed by atoms with Gasteiger partial charge < -0.3 is 20.1 Å². The van der Waals surface area contributed by atoms with Crippen LogP contribution in [0.5, 0.6) is 0 Å². The summed E-state index contributed by atoms with van der Waals surface area (Å²) in [6.45, 7) is 2.36. The zero-order valence-corrected chi connectivity index (χ0v) is 20.6. The quantitative estimate of drug-likeness (QED) is 0.325. The van der Waals surface area contributed by atoms with Gasteiger partial charge in [-0.3, -0.25) is 4.79 Å². The number of rotatable bonds is 12. The number of hydrogen-bond acceptors (Lipinski definition) is 6. The van der Waals surface area contributed by atoms with Gasteiger partial charge in [0.25, 0.3) is 5.91 Å². The fraction of sp³-hybridized carbons (Fsp3) is 0.320. The van der Waals surface area contributed by atoms with Gasteiger partial charge >= 0.3 is 12.1 Å². The molecule has 2 aromatic heterocycles. The summed E-state index contributed by atoms with van der Waals surface area (Å²) in [7, 11) is 0. The number of carbonyl (C=O) groups is 3. The third kappa shape index (κ3) is 6.91. The third-order valence-corrected chi connectivity index (χ3v) is 7.22. The molecule has 9 heteroatoms. The van der Waals surface area contributed by atoms with Gasteiger partial charge in [0.2, 0.25) is 0 Å². The third-order valence-electron chi connectivity index (χ3n) is 5.50. The Morgan fingerprint density at radius 2 is 1.74 bits per heavy atom. The summed E-state index contributed by atoms with van der Waals surface area (Å²) in [5.74, 6) is -1.35. The maximum absolute atomic E-state index is 13.3. The number of unbranched alkanes of at least 4 members (excludes halogenated alkanes) is 1. The van der Waals surface area contributed by atoms with E-state index in [0.29, 0.717) is 24.3 Å². The predicted octanol–water partition coefficient (Wildman–Crippen LogP) is 5.39. The van der Waals surface area contributed by atoms with Crippen molar-refractivity contribution in [2.24, 2.45) is 0 Å². The van der Waals surface area contributed by atoms with Crippen molar-refractivity contribution in [2.75, 3.05) is 6.54 Å². The standard InChI is InChI=1S/C25H28N2O5S2/c1-25(23(29)30,13-5-6-14-26-24(31)32-18-19-9-3-2-4-10-19)27(17-20-11-7-15-33-20)22(28)21-12-8-16-34-21/h2-4,7-12,15-16H,5-6,13-14,17-18H2,1H3,(H,26,31)(H,29,30)/t25-/m0/s1. The van der Waals surface area contributed by atoms with E-state index in [1.54, 1.807) is 24.4 Å². The van der Waals surface area contributed by atoms with Crippen LogP contribution in [0.4, 0.5) is 4.79 Å². The lowest BCUT2D eigenvalue weighted by Gasteiger charge is -2.38. The largest absolute Gasteiger partial charge is 0.480 e. The lowest BCUT2D eigenvalue weighted by atomic mass is 9.92. The minimum Gasteiger partial charge on any atom is -0.480 e. The molecule has 180 valence electrons. The topological polar surface area (TPSA) is 95.9 Å². The molecular weight excluding hydrogens is 472 g/mol. The SMILES string of the molecule is C[C@](CCCCNC(=O)OCc1ccccc1)(C(=O)O)N(Cc1cccs1)C(=O)c1cccs1. The number of carboxylic acid groups (broad SMARTS) is 1. The van der Waals surface area contributed by atoms with Gasteiger partial charge in [-0.05, 0) is 54.6 Å². The predicted molar refractivity (Wildman–Crippen MR) is 133 cm³/mol. The second kappa shape index (κ2) is 12.3. The highest BCUT2D eigenvalue weighted by atomic mass is 32.1. The minimum atomic E-state index is -1.39. The first-order chi connectivity index (χ1) is 16.4. The molecule has 0 unspecified atom stereocenters. The molecule has 0 aliphatic rings. The Bertz CT molecular complexity index is 1050. The van der Waals surface area contributed by atoms with Crippen molar-refractivity contribution in [1.29, 1.82) is 0 Å². The second-order valence-electron chi connectivity index (χ2n) is 7.97. The molecule has 1 aromatic carbocycles. The number of alkyl carbamates (subject to hydrolysis) is 1. The second-order valence-corrected chi connectivity index (χ2v) is 9.95. The number of nitrogens with one attached hydrogen (secondary N) is 1. The number of thiophene rings is 2. The first-order valence-electron chi connectivity index (χ1n) is 11.0. The van der Waals surface area contributed by atoms with E-state index < -0.39 is 17.6 Å². The van der Waals surface area contributed by atoms with Gasteiger partial charge in [-0.1, -0.05) is 42.5 Å². The normalized spacial score (nSPS) is 12.5. The van der Waals surface area contributed by atoms with Crippen molar-refractivity contribution in [3.05, 3.63) is 80.7 Å². The molecule has 34 heavy (non-hydrogen) atoms. The molecule has 0 bridgehead atoms. The molecule has 2 heterocycles. The minimum absolute atomic E-state index is 0.187. The van der Waals surface area contributed by atoms with E-state index in [9.17, 15) is 19.5 Å². The number of benzene rings is 1. The van der Waals surface area contributed by atoms with Crippen LogP contribution in [0.1, 0.15) is 46.3 Å². The highest BCUT2D eigenvalue weighted by Crippen LogP contribution is 2.29. The molecule has 0 saturated heterocycles. The van der Waals surface area contributed by atoms with Crippen LogP contribution in [0.15, 0.2) is 65.4 Å². The number of aliphatic carboxylic acids is 1. The maximum atomic E-state index is 13.3. The summed E-state index contributed by atoms with van der Waals surface area (Å²) in [6, 6.07) is 16.7. The Morgan fingerprint density at radius 1 is 1.00 bits per heavy atom. The van der Waals surface area contributed by atoms with Gasteiger partial charge in [0.15, 0.2) is 0 Å². The van der Waals surface area contributed by atoms with Gasteiger partial charge in [0, 0.05) is 11.4 Å². The van der Waals surface area contributed by atoms with Crippen LogP contribution in [-0.4, -0.2) is 40.1 Å². The monoisotopic (exact) mass is 500 g/mol. The van der Waals surface area contributed by atoms with E-state index in [1.807, 2.05) is 47.8 Å². The van der Waals surface area contributed by atoms with Crippen LogP contribution < -0.4 is 5.32 Å². The number of amides is 2. The number of carboxylic acids is 1. The molecular formula is C25H28N2O5S2. The van der Waals surface area contributed by atoms with E-state index in [1.165, 1.54) is 27.6 Å². The van der Waals surface area contributed by atoms with Gasteiger partial charge in [-0.15, -0.1) is 22.7 Å². The van der Waals surface area contributed by atoms with Gasteiger partial charge in [0.1, 0.15) is 12.1 Å². The number of hydrogen-bond donors (Lipinski definition) is 2. The highest BCUT2D eigenvalue weighted by Gasteiger charge is 2.42. The Labute approximate surface area is 207 Å². The fourth-order valence-electron chi connectivity index (χ4n) is 3.48. The van der Waals surface area contributed by atoms with Crippen molar-refractivity contribution in [1.82, 2.24) is 10.2 Å². The first kappa shape index (κ1) is 25.5. The van der Waals surface area contributed by atoms with Crippen molar-refractivity contribution in [3.8, 4) is 0 Å². The van der Waals surface area contributed by atoms with Crippen molar-refractivity contribution in [3.63, 3.8) is 0 Å². The molecule has 0 radical (unpaired) electrons. The van der Waals surface area contributed by atoms with Gasteiger partial charge in [0.05, 0.1) is 11.4 Å². The van der Waals surface area contributed by atoms with E-state index in [4.69, 9.17) is 4.74 Å². The average molecular weight is 501 g/mol. The molecule has 2 amide bonds. The average Bonchev–Trinajstić information content (AvgIpc) is 3.55. The molecule has 7 nitrogen and oxygen atoms in total. The van der Waals surface area contributed by atoms with Crippen LogP contribution in [0.2, 0.25) is 0 Å². The summed E-state index contributed by atoms with van der Waals surface area (Å²) in [5.41, 5.74) is -0.491. The van der Waals surface area contributed by atoms with E-state index >= 15 is 0 Å². The Morgan fingerprint density at radius 3 is 2.38 bits per heavy atom. The molecule has 3 aromatic rings. The highest BCUT2D eigenvalue weighted by molar-refractivity contribution is 7.12. The van der Waals surface area contributed by atoms with Crippen molar-refractivity contribution >= 4 is 40.6 Å². The Kier molecular flexibility index (Phi) is 9.24. The summed E-state index contributed by atoms with van der Waals surface area (Å²) in [4.78, 5) is 40.4. The van der Waals surface area contributed by atoms with Crippen LogP contribution in [0, 0.1) is 0 Å². The molecule has 0 aliphatic carbocycles. The van der Waals surface area contributed by atoms with E-state index in [2.05, 4.69) is 5.32 Å². The first-order valence-corrected chi connectivity index (χ1v) is 12.7. The molecule has 0 saturated carbocycles. The summed E-state index contributed by atoms with van der Waals surface area (Å²) in [6.07, 6.45) is 0.812. The van der Waals surface area contributed by atoms with Crippen LogP contribution >= 0.6 is 22.7 Å². The van der Waals surface area contributed by atoms with Crippen molar-refractivity contribution in [2.45, 2.75) is 44.9 Å². The van der Waals surface area contributed by atoms with Crippen molar-refractivity contribution < 1.29 is 24.2 Å². The van der Waals surface area contributed by atoms with E-state index in [-0.39, 0.29) is 25.5 Å². The number of nitrogens with zero attached hydrogens (tertiary/aromatic N) is 1. The molecule has 1 atom stereocenters. The molecule has 2 N–H and O–H groups in total. The Hall–Kier alpha value is -3.17. The zero-order valence-electron chi connectivity index (χ0n) is 18.9. The maximum Gasteiger partial charge on any atom is 0.407 e. The van der Waals surface area contributed by atoms with Crippen LogP contribution in [0.3, 0.4) is 0 Å². The van der Waals surface area contributed by atoms with Crippen LogP contribution in [0.25, 0.3) is 0 Å². The summed E-state index contributed by atoms with van der Waals surface area (Å²) >= 11 is 2.78. The van der Waals surface area contributed by atoms with Gasteiger partial charge in [-0.25, -0.2) is 9.59 Å². The molecule has 0 fully saturated rings. The van der Waals surface area contributed by atoms with Crippen LogP contribution in [-0.2, 0) is 22.7 Å². The lowest BCUT2D eigenvalue weighted by molar-refractivity contribution is -0.149. The summed E-state index contributed by atoms with van der Waals surface area (Å²) in [5, 5.41) is 16.5. The Balaban J connectivity index is 1.55. The fourth-order valence-corrected chi connectivity index (χ4v) is 4.84. The number of ether oxygens (including phenoxy) is 1. The van der Waals surface area contributed by atoms with Gasteiger partial charge in [-0.2, -0.15) is 0 Å². The molecule has 0 aliphatic heterocycles.